The van der Waals surface area contributed by atoms with Crippen LogP contribution in [-0.4, -0.2) is 17.3 Å². The summed E-state index contributed by atoms with van der Waals surface area (Å²) in [6.45, 7) is 6.90. The average Bonchev–Trinajstić information content (AvgIpc) is 2.39. The van der Waals surface area contributed by atoms with Gasteiger partial charge in [0.15, 0.2) is 0 Å². The van der Waals surface area contributed by atoms with Crippen LogP contribution in [0.25, 0.3) is 0 Å². The quantitative estimate of drug-likeness (QED) is 0.472. The predicted octanol–water partition coefficient (Wildman–Crippen LogP) is 3.78. The number of esters is 1. The lowest BCUT2D eigenvalue weighted by molar-refractivity contribution is -0.145. The highest BCUT2D eigenvalue weighted by Gasteiger charge is 2.30. The highest BCUT2D eigenvalue weighted by Crippen LogP contribution is 2.33. The Kier molecular flexibility index (Phi) is 8.94. The van der Waals surface area contributed by atoms with E-state index in [1.807, 2.05) is 38.1 Å². The van der Waals surface area contributed by atoms with E-state index in [4.69, 9.17) is 10.5 Å². The minimum absolute atomic E-state index is 0. The van der Waals surface area contributed by atoms with E-state index >= 15 is 0 Å². The molecule has 0 heterocycles. The van der Waals surface area contributed by atoms with Gasteiger partial charge in [0.2, 0.25) is 0 Å². The van der Waals surface area contributed by atoms with E-state index in [1.165, 1.54) is 11.8 Å². The molecule has 1 aromatic carbocycles. The fourth-order valence-electron chi connectivity index (χ4n) is 1.51. The molecule has 3 nitrogen and oxygen atoms in total. The Hall–Kier alpha value is -0.710. The van der Waals surface area contributed by atoms with Gasteiger partial charge in [0.25, 0.3) is 0 Å². The van der Waals surface area contributed by atoms with Crippen LogP contribution in [0, 0.1) is 0 Å². The van der Waals surface area contributed by atoms with Crippen molar-refractivity contribution >= 4 is 30.1 Å². The van der Waals surface area contributed by atoms with Crippen LogP contribution in [0.3, 0.4) is 0 Å². The van der Waals surface area contributed by atoms with E-state index in [0.717, 1.165) is 23.3 Å². The van der Waals surface area contributed by atoms with E-state index in [2.05, 4.69) is 6.92 Å². The van der Waals surface area contributed by atoms with Gasteiger partial charge in [-0.2, -0.15) is 0 Å². The van der Waals surface area contributed by atoms with Gasteiger partial charge in [-0.15, -0.1) is 24.2 Å². The summed E-state index contributed by atoms with van der Waals surface area (Å²) >= 11 is 1.52. The zero-order valence-corrected chi connectivity index (χ0v) is 14.0. The zero-order valence-electron chi connectivity index (χ0n) is 12.3. The summed E-state index contributed by atoms with van der Waals surface area (Å²) in [7, 11) is 0. The maximum Gasteiger partial charge on any atom is 0.321 e. The number of carbonyl (C=O) groups excluding carboxylic acids is 1. The Labute approximate surface area is 132 Å². The van der Waals surface area contributed by atoms with Crippen molar-refractivity contribution in [1.82, 2.24) is 0 Å². The number of ether oxygens (including phenoxy) is 1. The molecule has 0 aliphatic heterocycles. The van der Waals surface area contributed by atoms with Gasteiger partial charge in [0, 0.05) is 11.4 Å². The standard InChI is InChI=1S/C15H23NO2S.ClH/c1-4-5-10-18-14(17)15(2,3)19-13-8-6-12(11-16)7-9-13;/h6-9H,4-5,10-11,16H2,1-3H3;1H. The van der Waals surface area contributed by atoms with Crippen molar-refractivity contribution in [3.63, 3.8) is 0 Å². The number of hydrogen-bond acceptors (Lipinski definition) is 4. The molecule has 0 unspecified atom stereocenters. The number of rotatable bonds is 7. The minimum Gasteiger partial charge on any atom is -0.465 e. The lowest BCUT2D eigenvalue weighted by Gasteiger charge is -2.22. The van der Waals surface area contributed by atoms with Gasteiger partial charge < -0.3 is 10.5 Å². The molecule has 0 aromatic heterocycles. The summed E-state index contributed by atoms with van der Waals surface area (Å²) in [5.74, 6) is -0.158. The molecule has 1 rings (SSSR count). The first-order chi connectivity index (χ1) is 8.99. The molecule has 1 aromatic rings. The SMILES string of the molecule is CCCCOC(=O)C(C)(C)Sc1ccc(CN)cc1.Cl. The van der Waals surface area contributed by atoms with E-state index in [-0.39, 0.29) is 18.4 Å². The molecule has 20 heavy (non-hydrogen) atoms. The van der Waals surface area contributed by atoms with Crippen LogP contribution in [0.2, 0.25) is 0 Å². The molecule has 0 saturated heterocycles. The Balaban J connectivity index is 0.00000361. The van der Waals surface area contributed by atoms with Gasteiger partial charge in [0.05, 0.1) is 6.61 Å². The van der Waals surface area contributed by atoms with Crippen LogP contribution in [0.15, 0.2) is 29.2 Å². The van der Waals surface area contributed by atoms with Crippen LogP contribution < -0.4 is 5.73 Å². The third-order valence-electron chi connectivity index (χ3n) is 2.75. The van der Waals surface area contributed by atoms with Gasteiger partial charge in [-0.3, -0.25) is 4.79 Å². The van der Waals surface area contributed by atoms with Crippen molar-refractivity contribution in [3.05, 3.63) is 29.8 Å². The fourth-order valence-corrected chi connectivity index (χ4v) is 2.52. The summed E-state index contributed by atoms with van der Waals surface area (Å²) < 4.78 is 4.71. The molecule has 114 valence electrons. The third kappa shape index (κ3) is 6.16. The van der Waals surface area contributed by atoms with Crippen molar-refractivity contribution in [3.8, 4) is 0 Å². The van der Waals surface area contributed by atoms with Crippen molar-refractivity contribution in [2.24, 2.45) is 5.73 Å². The maximum atomic E-state index is 12.0. The second-order valence-corrected chi connectivity index (χ2v) is 6.65. The predicted molar refractivity (Wildman–Crippen MR) is 87.4 cm³/mol. The Morgan fingerprint density at radius 1 is 1.30 bits per heavy atom. The van der Waals surface area contributed by atoms with Crippen molar-refractivity contribution in [2.45, 2.75) is 49.8 Å². The van der Waals surface area contributed by atoms with Crippen molar-refractivity contribution in [2.75, 3.05) is 6.61 Å². The minimum atomic E-state index is -0.571. The first kappa shape index (κ1) is 19.3. The number of unbranched alkanes of at least 4 members (excludes halogenated alkanes) is 1. The molecule has 5 heteroatoms. The van der Waals surface area contributed by atoms with Crippen LogP contribution in [0.1, 0.15) is 39.2 Å². The van der Waals surface area contributed by atoms with Crippen LogP contribution in [0.4, 0.5) is 0 Å². The Morgan fingerprint density at radius 2 is 1.90 bits per heavy atom. The van der Waals surface area contributed by atoms with Gasteiger partial charge >= 0.3 is 5.97 Å². The fraction of sp³-hybridized carbons (Fsp3) is 0.533. The van der Waals surface area contributed by atoms with E-state index < -0.39 is 4.75 Å². The molecule has 0 aliphatic rings. The summed E-state index contributed by atoms with van der Waals surface area (Å²) in [6.07, 6.45) is 1.94. The lowest BCUT2D eigenvalue weighted by atomic mass is 10.2. The van der Waals surface area contributed by atoms with Crippen LogP contribution >= 0.6 is 24.2 Å². The molecular weight excluding hydrogens is 294 g/mol. The number of benzene rings is 1. The molecule has 0 aliphatic carbocycles. The Bertz CT molecular complexity index is 407. The highest BCUT2D eigenvalue weighted by molar-refractivity contribution is 8.01. The summed E-state index contributed by atoms with van der Waals surface area (Å²) in [5.41, 5.74) is 6.65. The number of thioether (sulfide) groups is 1. The molecule has 0 saturated carbocycles. The molecule has 2 N–H and O–H groups in total. The highest BCUT2D eigenvalue weighted by atomic mass is 35.5. The lowest BCUT2D eigenvalue weighted by Crippen LogP contribution is -2.30. The van der Waals surface area contributed by atoms with Gasteiger partial charge in [0.1, 0.15) is 4.75 Å². The first-order valence-electron chi connectivity index (χ1n) is 6.65. The average molecular weight is 318 g/mol. The normalized spacial score (nSPS) is 10.8. The van der Waals surface area contributed by atoms with Crippen LogP contribution in [-0.2, 0) is 16.1 Å². The molecule has 0 amide bonds. The molecule has 0 bridgehead atoms. The zero-order chi connectivity index (χ0) is 14.3. The second kappa shape index (κ2) is 9.27. The first-order valence-corrected chi connectivity index (χ1v) is 7.46. The number of carbonyl (C=O) groups is 1. The summed E-state index contributed by atoms with van der Waals surface area (Å²) in [6, 6.07) is 7.96. The van der Waals surface area contributed by atoms with Gasteiger partial charge in [-0.05, 0) is 38.0 Å². The van der Waals surface area contributed by atoms with Crippen molar-refractivity contribution < 1.29 is 9.53 Å². The summed E-state index contributed by atoms with van der Waals surface area (Å²) in [4.78, 5) is 13.1. The monoisotopic (exact) mass is 317 g/mol. The summed E-state index contributed by atoms with van der Waals surface area (Å²) in [5, 5.41) is 0. The molecule has 0 radical (unpaired) electrons. The molecule has 0 spiro atoms. The largest absolute Gasteiger partial charge is 0.465 e. The number of hydrogen-bond donors (Lipinski definition) is 1. The van der Waals surface area contributed by atoms with E-state index in [1.54, 1.807) is 0 Å². The molecular formula is C15H24ClNO2S. The number of nitrogens with two attached hydrogens (primary N) is 1. The maximum absolute atomic E-state index is 12.0. The van der Waals surface area contributed by atoms with Crippen LogP contribution in [0.5, 0.6) is 0 Å². The number of halogens is 1. The molecule has 0 fully saturated rings. The molecule has 0 atom stereocenters. The smallest absolute Gasteiger partial charge is 0.321 e. The van der Waals surface area contributed by atoms with Gasteiger partial charge in [-0.1, -0.05) is 25.5 Å². The van der Waals surface area contributed by atoms with Crippen molar-refractivity contribution in [1.29, 1.82) is 0 Å². The van der Waals surface area contributed by atoms with E-state index in [9.17, 15) is 4.79 Å². The van der Waals surface area contributed by atoms with Gasteiger partial charge in [-0.25, -0.2) is 0 Å². The topological polar surface area (TPSA) is 52.3 Å². The Morgan fingerprint density at radius 3 is 2.40 bits per heavy atom. The van der Waals surface area contributed by atoms with E-state index in [0.29, 0.717) is 13.2 Å². The third-order valence-corrected chi connectivity index (χ3v) is 3.94. The second-order valence-electron chi connectivity index (χ2n) is 4.95.